The summed E-state index contributed by atoms with van der Waals surface area (Å²) in [5, 5.41) is 11.8. The Hall–Kier alpha value is -6.86. The SMILES string of the molecule is CCCC[C@@H]1NC(=O)[C@H](Cc2ccc(Cl)s2)NC(=O)CN(C)C(=O)[C@H](Cc2ccc(Cl)cc2)N(C)C(=O)CN(C)C(=O)CN(C)C(=O)[C@H]([C@@H](C)CC)NC(=O)[C@H](CC(C)C)N(C)C(=O)C[C@@H](C(=O)N2CCCCC2)N(C)C(=O)[C@H](CC(C)C)NC(=O)C(C)(C)N(C)C1=O. The summed E-state index contributed by atoms with van der Waals surface area (Å²) in [6, 6.07) is 1.02. The van der Waals surface area contributed by atoms with Crippen molar-refractivity contribution in [1.29, 1.82) is 0 Å². The molecular formula is C66H102Cl2N12O12S. The minimum Gasteiger partial charge on any atom is -0.343 e. The summed E-state index contributed by atoms with van der Waals surface area (Å²) in [5.41, 5.74) is -1.10. The molecule has 24 nitrogen and oxygen atoms in total. The van der Waals surface area contributed by atoms with Crippen molar-refractivity contribution in [2.24, 2.45) is 17.8 Å². The van der Waals surface area contributed by atoms with Gasteiger partial charge in [0.1, 0.15) is 47.8 Å². The van der Waals surface area contributed by atoms with E-state index in [0.29, 0.717) is 65.0 Å². The Bertz CT molecular complexity index is 2960. The highest BCUT2D eigenvalue weighted by atomic mass is 35.5. The zero-order chi connectivity index (χ0) is 69.9. The summed E-state index contributed by atoms with van der Waals surface area (Å²) < 4.78 is 0.410. The Labute approximate surface area is 563 Å². The third-order valence-electron chi connectivity index (χ3n) is 17.7. The number of thiophene rings is 1. The molecule has 0 bridgehead atoms. The van der Waals surface area contributed by atoms with Crippen LogP contribution in [-0.4, -0.2) is 240 Å². The molecular weight excluding hydrogens is 1260 g/mol. The lowest BCUT2D eigenvalue weighted by Crippen LogP contribution is -2.63. The molecule has 2 aliphatic heterocycles. The van der Waals surface area contributed by atoms with Crippen molar-refractivity contribution in [3.05, 3.63) is 56.2 Å². The van der Waals surface area contributed by atoms with Crippen molar-refractivity contribution in [3.63, 3.8) is 0 Å². The van der Waals surface area contributed by atoms with E-state index in [4.69, 9.17) is 23.2 Å². The van der Waals surface area contributed by atoms with E-state index in [1.54, 1.807) is 48.2 Å². The summed E-state index contributed by atoms with van der Waals surface area (Å²) >= 11 is 13.7. The quantitative estimate of drug-likeness (QED) is 0.202. The number of amides is 12. The second kappa shape index (κ2) is 36.1. The third-order valence-corrected chi connectivity index (χ3v) is 19.3. The lowest BCUT2D eigenvalue weighted by Gasteiger charge is -2.39. The van der Waals surface area contributed by atoms with Crippen LogP contribution in [0.4, 0.5) is 0 Å². The van der Waals surface area contributed by atoms with E-state index in [0.717, 1.165) is 21.1 Å². The van der Waals surface area contributed by atoms with E-state index in [2.05, 4.69) is 21.3 Å². The van der Waals surface area contributed by atoms with Crippen LogP contribution < -0.4 is 21.3 Å². The van der Waals surface area contributed by atoms with Crippen LogP contribution in [0.25, 0.3) is 0 Å². The number of rotatable bonds is 14. The van der Waals surface area contributed by atoms with Crippen molar-refractivity contribution in [3.8, 4) is 0 Å². The fourth-order valence-electron chi connectivity index (χ4n) is 11.2. The van der Waals surface area contributed by atoms with E-state index < -0.39 is 151 Å². The molecule has 1 aromatic heterocycles. The smallest absolute Gasteiger partial charge is 0.246 e. The van der Waals surface area contributed by atoms with E-state index in [-0.39, 0.29) is 43.9 Å². The van der Waals surface area contributed by atoms with Gasteiger partial charge in [-0.1, -0.05) is 103 Å². The number of nitrogens with one attached hydrogen (secondary N) is 4. The molecule has 93 heavy (non-hydrogen) atoms. The predicted octanol–water partition coefficient (Wildman–Crippen LogP) is 4.62. The van der Waals surface area contributed by atoms with Crippen molar-refractivity contribution < 1.29 is 57.5 Å². The molecule has 27 heteroatoms. The van der Waals surface area contributed by atoms with Gasteiger partial charge < -0.3 is 60.5 Å². The van der Waals surface area contributed by atoms with E-state index >= 15 is 4.79 Å². The van der Waals surface area contributed by atoms with E-state index in [1.165, 1.54) is 94.1 Å². The molecule has 2 saturated heterocycles. The number of nitrogens with zero attached hydrogens (tertiary/aromatic N) is 8. The van der Waals surface area contributed by atoms with Crippen LogP contribution in [0.15, 0.2) is 36.4 Å². The lowest BCUT2D eigenvalue weighted by atomic mass is 9.95. The number of hydrogen-bond donors (Lipinski definition) is 4. The van der Waals surface area contributed by atoms with Gasteiger partial charge in [-0.2, -0.15) is 0 Å². The number of benzene rings is 1. The first-order valence-corrected chi connectivity index (χ1v) is 33.9. The normalized spacial score (nSPS) is 24.1. The molecule has 3 heterocycles. The van der Waals surface area contributed by atoms with Gasteiger partial charge in [0, 0.05) is 85.2 Å². The van der Waals surface area contributed by atoms with E-state index in [1.807, 2.05) is 41.5 Å². The summed E-state index contributed by atoms with van der Waals surface area (Å²) in [6.07, 6.45) is 3.37. The summed E-state index contributed by atoms with van der Waals surface area (Å²) in [5.74, 6) is -8.98. The van der Waals surface area contributed by atoms with Crippen LogP contribution in [0.1, 0.15) is 137 Å². The van der Waals surface area contributed by atoms with Gasteiger partial charge in [0.05, 0.1) is 30.4 Å². The van der Waals surface area contributed by atoms with Crippen LogP contribution >= 0.6 is 34.5 Å². The maximum absolute atomic E-state index is 15.1. The van der Waals surface area contributed by atoms with Gasteiger partial charge in [-0.25, -0.2) is 0 Å². The fourth-order valence-corrected chi connectivity index (χ4v) is 12.4. The summed E-state index contributed by atoms with van der Waals surface area (Å²) in [4.78, 5) is 186. The molecule has 1 aromatic carbocycles. The minimum atomic E-state index is -1.70. The Kier molecular flexibility index (Phi) is 30.5. The molecule has 0 radical (unpaired) electrons. The number of carbonyl (C=O) groups excluding carboxylic acids is 12. The van der Waals surface area contributed by atoms with Crippen LogP contribution in [0, 0.1) is 17.8 Å². The molecule has 2 fully saturated rings. The number of piperidine rings is 1. The molecule has 4 N–H and O–H groups in total. The Balaban J connectivity index is 1.87. The van der Waals surface area contributed by atoms with Crippen LogP contribution in [0.3, 0.4) is 0 Å². The third kappa shape index (κ3) is 22.4. The molecule has 4 rings (SSSR count). The molecule has 8 atom stereocenters. The van der Waals surface area contributed by atoms with Crippen molar-refractivity contribution in [2.45, 2.75) is 187 Å². The number of halogens is 2. The lowest BCUT2D eigenvalue weighted by molar-refractivity contribution is -0.152. The highest BCUT2D eigenvalue weighted by Gasteiger charge is 2.44. The van der Waals surface area contributed by atoms with Gasteiger partial charge in [-0.05, 0) is 100.0 Å². The Morgan fingerprint density at radius 3 is 1.75 bits per heavy atom. The Morgan fingerprint density at radius 2 is 1.18 bits per heavy atom. The molecule has 0 spiro atoms. The predicted molar refractivity (Wildman–Crippen MR) is 358 cm³/mol. The van der Waals surface area contributed by atoms with Crippen molar-refractivity contribution in [2.75, 3.05) is 82.1 Å². The van der Waals surface area contributed by atoms with Crippen LogP contribution in [0.5, 0.6) is 0 Å². The summed E-state index contributed by atoms with van der Waals surface area (Å²) in [7, 11) is 9.73. The molecule has 2 aromatic rings. The first-order valence-electron chi connectivity index (χ1n) is 32.3. The van der Waals surface area contributed by atoms with Gasteiger partial charge in [-0.15, -0.1) is 11.3 Å². The average molecular weight is 1360 g/mol. The molecule has 2 aliphatic rings. The first-order chi connectivity index (χ1) is 43.5. The van der Waals surface area contributed by atoms with Gasteiger partial charge in [-0.3, -0.25) is 57.5 Å². The first kappa shape index (κ1) is 78.6. The second-order valence-electron chi connectivity index (χ2n) is 26.4. The topological polar surface area (TPSA) is 279 Å². The zero-order valence-electron chi connectivity index (χ0n) is 57.4. The highest BCUT2D eigenvalue weighted by Crippen LogP contribution is 2.26. The molecule has 518 valence electrons. The van der Waals surface area contributed by atoms with Gasteiger partial charge in [0.15, 0.2) is 0 Å². The largest absolute Gasteiger partial charge is 0.343 e. The zero-order valence-corrected chi connectivity index (χ0v) is 59.7. The molecule has 0 saturated carbocycles. The molecule has 12 amide bonds. The van der Waals surface area contributed by atoms with Gasteiger partial charge in [0.2, 0.25) is 70.9 Å². The van der Waals surface area contributed by atoms with E-state index in [9.17, 15) is 52.7 Å². The maximum Gasteiger partial charge on any atom is 0.246 e. The molecule has 0 unspecified atom stereocenters. The number of unbranched alkanes of at least 4 members (excludes halogenated alkanes) is 1. The van der Waals surface area contributed by atoms with Gasteiger partial charge >= 0.3 is 0 Å². The molecule has 0 aliphatic carbocycles. The van der Waals surface area contributed by atoms with Crippen LogP contribution in [0.2, 0.25) is 9.36 Å². The minimum absolute atomic E-state index is 0.0546. The van der Waals surface area contributed by atoms with Gasteiger partial charge in [0.25, 0.3) is 0 Å². The standard InChI is InChI=1S/C66H102Cl2N12O12S/c1-17-19-23-46-61(88)79(16)66(8,9)65(92)71-48(32-40(3)4)60(87)78(15)51(63(90)80-30-21-20-22-31-80)36-54(82)76(13)49(33-41(5)6)59(86)72-57(42(7)18-2)64(91)75(12)38-55(83)73(10)39-56(84)77(14)50(34-43-24-26-44(67)27-25-43)62(89)74(11)37-53(81)69-47(58(85)70-46)35-45-28-29-52(68)93-45/h24-29,40-42,46-51,57H,17-23,30-39H2,1-16H3,(H,69,81)(H,70,85)(H,71,92)(H,72,86)/t42-,46-,47-,48-,49-,50-,51-,57-/m0/s1. The number of carbonyl (C=O) groups is 12. The van der Waals surface area contributed by atoms with Crippen LogP contribution in [-0.2, 0) is 70.4 Å². The average Bonchev–Trinajstić information content (AvgIpc) is 1.25. The second-order valence-corrected chi connectivity index (χ2v) is 28.6. The Morgan fingerprint density at radius 1 is 0.591 bits per heavy atom. The maximum atomic E-state index is 15.1. The number of hydrogen-bond acceptors (Lipinski definition) is 13. The fraction of sp³-hybridized carbons (Fsp3) is 0.667. The highest BCUT2D eigenvalue weighted by molar-refractivity contribution is 7.16. The monoisotopic (exact) mass is 1360 g/mol. The van der Waals surface area contributed by atoms with Crippen molar-refractivity contribution in [1.82, 2.24) is 60.5 Å². The van der Waals surface area contributed by atoms with Crippen molar-refractivity contribution >= 4 is 105 Å². The number of likely N-dealkylation sites (tertiary alicyclic amines) is 1. The summed E-state index contributed by atoms with van der Waals surface area (Å²) in [6.45, 7) is 15.0. The number of likely N-dealkylation sites (N-methyl/N-ethyl adjacent to an activating group) is 7.